The van der Waals surface area contributed by atoms with Gasteiger partial charge >= 0.3 is 0 Å². The van der Waals surface area contributed by atoms with Gasteiger partial charge in [0.05, 0.1) is 62.6 Å². The summed E-state index contributed by atoms with van der Waals surface area (Å²) < 4.78 is 27.2. The first-order valence-electron chi connectivity index (χ1n) is 14.8. The molecule has 0 saturated carbocycles. The molecule has 17 heteroatoms. The van der Waals surface area contributed by atoms with Gasteiger partial charge in [0.25, 0.3) is 11.4 Å². The van der Waals surface area contributed by atoms with Crippen molar-refractivity contribution in [3.63, 3.8) is 0 Å². The van der Waals surface area contributed by atoms with E-state index in [9.17, 15) is 29.8 Å². The summed E-state index contributed by atoms with van der Waals surface area (Å²) in [5.74, 6) is 0.885. The molecule has 0 radical (unpaired) electrons. The summed E-state index contributed by atoms with van der Waals surface area (Å²) in [6, 6.07) is 5.89. The Balaban J connectivity index is 1.58. The number of nitro groups is 2. The number of hydrogen-bond acceptors (Lipinski definition) is 11. The second kappa shape index (κ2) is 20.9. The van der Waals surface area contributed by atoms with Gasteiger partial charge in [-0.2, -0.15) is 0 Å². The highest BCUT2D eigenvalue weighted by Gasteiger charge is 2.23. The molecule has 0 spiro atoms. The normalized spacial score (nSPS) is 12.0. The van der Waals surface area contributed by atoms with Crippen LogP contribution in [0.3, 0.4) is 0 Å². The number of halogens is 2. The molecule has 0 heterocycles. The molecule has 0 saturated heterocycles. The van der Waals surface area contributed by atoms with Gasteiger partial charge in [0.15, 0.2) is 23.0 Å². The Morgan fingerprint density at radius 3 is 1.40 bits per heavy atom. The molecule has 2 aromatic carbocycles. The SMILES string of the molecule is COc1cc(C(C)I)c([N+](=O)[O-])cc1OCCCC(=O)NCCOCCNC(=O)CCCOc1cc([N+](=O)[O-])c(C(C)I)cc1OC. The Bertz CT molecular complexity index is 1270. The highest BCUT2D eigenvalue weighted by Crippen LogP contribution is 2.41. The largest absolute Gasteiger partial charge is 0.493 e. The first-order chi connectivity index (χ1) is 22.4. The molecule has 2 unspecified atom stereocenters. The zero-order chi connectivity index (χ0) is 34.9. The number of nitrogens with zero attached hydrogens (tertiary/aromatic N) is 2. The lowest BCUT2D eigenvalue weighted by Gasteiger charge is -2.14. The number of nitro benzene ring substituents is 2. The lowest BCUT2D eigenvalue weighted by molar-refractivity contribution is -0.385. The molecule has 2 amide bonds. The topological polar surface area (TPSA) is 191 Å². The van der Waals surface area contributed by atoms with Crippen LogP contribution in [-0.4, -0.2) is 75.4 Å². The summed E-state index contributed by atoms with van der Waals surface area (Å²) in [5, 5.41) is 28.4. The highest BCUT2D eigenvalue weighted by molar-refractivity contribution is 14.1. The third-order valence-corrected chi connectivity index (χ3v) is 7.97. The van der Waals surface area contributed by atoms with Crippen molar-refractivity contribution in [2.24, 2.45) is 0 Å². The van der Waals surface area contributed by atoms with Crippen LogP contribution < -0.4 is 29.6 Å². The zero-order valence-electron chi connectivity index (χ0n) is 26.7. The minimum absolute atomic E-state index is 0.0496. The summed E-state index contributed by atoms with van der Waals surface area (Å²) in [6.45, 7) is 5.14. The summed E-state index contributed by atoms with van der Waals surface area (Å²) in [7, 11) is 2.92. The van der Waals surface area contributed by atoms with Crippen molar-refractivity contribution in [1.29, 1.82) is 0 Å². The van der Waals surface area contributed by atoms with Crippen molar-refractivity contribution in [1.82, 2.24) is 10.6 Å². The number of benzene rings is 2. The number of amides is 2. The van der Waals surface area contributed by atoms with Gasteiger partial charge in [0.1, 0.15) is 0 Å². The molecule has 0 aliphatic heterocycles. The molecule has 2 rings (SSSR count). The Morgan fingerprint density at radius 1 is 0.702 bits per heavy atom. The van der Waals surface area contributed by atoms with Crippen molar-refractivity contribution < 1.29 is 43.1 Å². The lowest BCUT2D eigenvalue weighted by atomic mass is 10.1. The zero-order valence-corrected chi connectivity index (χ0v) is 31.0. The van der Waals surface area contributed by atoms with Crippen LogP contribution in [0.4, 0.5) is 11.4 Å². The number of carbonyl (C=O) groups is 2. The summed E-state index contributed by atoms with van der Waals surface area (Å²) >= 11 is 4.19. The van der Waals surface area contributed by atoms with Gasteiger partial charge in [-0.3, -0.25) is 29.8 Å². The van der Waals surface area contributed by atoms with Crippen molar-refractivity contribution in [3.8, 4) is 23.0 Å². The van der Waals surface area contributed by atoms with Crippen molar-refractivity contribution in [3.05, 3.63) is 55.6 Å². The fourth-order valence-corrected chi connectivity index (χ4v) is 5.26. The summed E-state index contributed by atoms with van der Waals surface area (Å²) in [4.78, 5) is 46.2. The van der Waals surface area contributed by atoms with Crippen LogP contribution in [0, 0.1) is 20.2 Å². The van der Waals surface area contributed by atoms with E-state index in [1.165, 1.54) is 26.4 Å². The molecule has 15 nitrogen and oxygen atoms in total. The average Bonchev–Trinajstić information content (AvgIpc) is 3.03. The first kappa shape index (κ1) is 40.0. The fourth-order valence-electron chi connectivity index (χ4n) is 4.26. The number of methoxy groups -OCH3 is 2. The van der Waals surface area contributed by atoms with E-state index in [-0.39, 0.29) is 81.8 Å². The summed E-state index contributed by atoms with van der Waals surface area (Å²) in [5.41, 5.74) is 0.971. The van der Waals surface area contributed by atoms with E-state index >= 15 is 0 Å². The van der Waals surface area contributed by atoms with Crippen LogP contribution in [0.5, 0.6) is 23.0 Å². The molecular weight excluding hydrogens is 846 g/mol. The van der Waals surface area contributed by atoms with Crippen LogP contribution in [0.1, 0.15) is 58.5 Å². The minimum Gasteiger partial charge on any atom is -0.493 e. The van der Waals surface area contributed by atoms with Gasteiger partial charge in [-0.15, -0.1) is 0 Å². The van der Waals surface area contributed by atoms with E-state index in [2.05, 4.69) is 55.8 Å². The van der Waals surface area contributed by atoms with Gasteiger partial charge in [-0.25, -0.2) is 0 Å². The third kappa shape index (κ3) is 13.4. The molecule has 0 aliphatic rings. The van der Waals surface area contributed by atoms with E-state index in [0.717, 1.165) is 0 Å². The smallest absolute Gasteiger partial charge is 0.277 e. The molecule has 2 N–H and O–H groups in total. The van der Waals surface area contributed by atoms with E-state index in [4.69, 9.17) is 23.7 Å². The van der Waals surface area contributed by atoms with Crippen LogP contribution in [-0.2, 0) is 14.3 Å². The van der Waals surface area contributed by atoms with Gasteiger partial charge in [0, 0.05) is 44.9 Å². The molecule has 2 aromatic rings. The van der Waals surface area contributed by atoms with Gasteiger partial charge in [-0.05, 0) is 38.8 Å². The molecule has 0 fully saturated rings. The molecule has 260 valence electrons. The first-order valence-corrected chi connectivity index (χ1v) is 17.3. The number of nitrogens with one attached hydrogen (secondary N) is 2. The Kier molecular flexibility index (Phi) is 17.8. The fraction of sp³-hybridized carbons (Fsp3) is 0.533. The predicted octanol–water partition coefficient (Wildman–Crippen LogP) is 5.78. The standard InChI is InChI=1S/C30H40I2N4O11/c1-19(31)21-15-25(43-3)27(17-23(21)35(39)40)46-11-5-7-29(37)33-9-13-45-14-10-34-30(38)8-6-12-47-28-18-24(36(41)42)22(20(2)32)16-26(28)44-4/h15-20H,5-14H2,1-4H3,(H,33,37)(H,34,38). The number of carbonyl (C=O) groups excluding carboxylic acids is 2. The van der Waals surface area contributed by atoms with Crippen LogP contribution in [0.2, 0.25) is 0 Å². The van der Waals surface area contributed by atoms with Crippen molar-refractivity contribution in [2.45, 2.75) is 47.4 Å². The number of ether oxygens (including phenoxy) is 5. The second-order valence-corrected chi connectivity index (χ2v) is 13.8. The van der Waals surface area contributed by atoms with Gasteiger partial charge < -0.3 is 34.3 Å². The minimum atomic E-state index is -0.455. The third-order valence-electron chi connectivity index (χ3n) is 6.62. The molecule has 0 bridgehead atoms. The predicted molar refractivity (Wildman–Crippen MR) is 190 cm³/mol. The van der Waals surface area contributed by atoms with Crippen molar-refractivity contribution >= 4 is 68.4 Å². The molecule has 0 aliphatic carbocycles. The molecule has 47 heavy (non-hydrogen) atoms. The van der Waals surface area contributed by atoms with Crippen LogP contribution in [0.15, 0.2) is 24.3 Å². The number of hydrogen-bond donors (Lipinski definition) is 2. The van der Waals surface area contributed by atoms with E-state index in [1.54, 1.807) is 12.1 Å². The number of rotatable bonds is 22. The Hall–Kier alpha value is -3.20. The summed E-state index contributed by atoms with van der Waals surface area (Å²) in [6.07, 6.45) is 1.17. The quantitative estimate of drug-likeness (QED) is 0.0480. The Labute approximate surface area is 300 Å². The van der Waals surface area contributed by atoms with Crippen LogP contribution in [0.25, 0.3) is 0 Å². The lowest BCUT2D eigenvalue weighted by Crippen LogP contribution is -2.30. The maximum atomic E-state index is 12.1. The van der Waals surface area contributed by atoms with Crippen molar-refractivity contribution in [2.75, 3.05) is 53.7 Å². The number of alkyl halides is 2. The van der Waals surface area contributed by atoms with E-state index in [1.807, 2.05) is 13.8 Å². The van der Waals surface area contributed by atoms with Gasteiger partial charge in [-0.1, -0.05) is 45.2 Å². The van der Waals surface area contributed by atoms with Gasteiger partial charge in [0.2, 0.25) is 11.8 Å². The molecule has 0 aromatic heterocycles. The van der Waals surface area contributed by atoms with Crippen LogP contribution >= 0.6 is 45.2 Å². The monoisotopic (exact) mass is 886 g/mol. The van der Waals surface area contributed by atoms with E-state index in [0.29, 0.717) is 48.6 Å². The Morgan fingerprint density at radius 2 is 1.09 bits per heavy atom. The maximum Gasteiger partial charge on any atom is 0.277 e. The molecular formula is C30H40I2N4O11. The highest BCUT2D eigenvalue weighted by atomic mass is 127. The van der Waals surface area contributed by atoms with E-state index < -0.39 is 9.85 Å². The maximum absolute atomic E-state index is 12.1. The molecule has 2 atom stereocenters. The second-order valence-electron chi connectivity index (χ2n) is 10.1. The average molecular weight is 886 g/mol.